The van der Waals surface area contributed by atoms with Gasteiger partial charge in [0.25, 0.3) is 0 Å². The Balaban J connectivity index is 1.66. The molecule has 0 saturated heterocycles. The Morgan fingerprint density at radius 1 is 1.38 bits per heavy atom. The molecule has 3 aromatic rings. The monoisotopic (exact) mass is 420 g/mol. The van der Waals surface area contributed by atoms with Gasteiger partial charge in [0.15, 0.2) is 0 Å². The van der Waals surface area contributed by atoms with E-state index in [4.69, 9.17) is 11.6 Å². The molecule has 3 rings (SSSR count). The van der Waals surface area contributed by atoms with Gasteiger partial charge in [-0.2, -0.15) is 10.2 Å². The van der Waals surface area contributed by atoms with Gasteiger partial charge < -0.3 is 5.32 Å². The number of hydrogen-bond donors (Lipinski definition) is 1. The van der Waals surface area contributed by atoms with Crippen molar-refractivity contribution in [3.63, 3.8) is 0 Å². The number of aromatic nitrogens is 4. The van der Waals surface area contributed by atoms with Crippen molar-refractivity contribution < 1.29 is 14.1 Å². The molecule has 2 heterocycles. The molecule has 0 aliphatic carbocycles. The molecule has 1 N–H and O–H groups in total. The normalized spacial score (nSPS) is 10.9. The smallest absolute Gasteiger partial charge is 0.306 e. The van der Waals surface area contributed by atoms with E-state index in [0.29, 0.717) is 28.5 Å². The van der Waals surface area contributed by atoms with Crippen LogP contribution in [-0.2, 0) is 17.9 Å². The first kappa shape index (κ1) is 20.5. The maximum Gasteiger partial charge on any atom is 0.306 e. The van der Waals surface area contributed by atoms with Crippen LogP contribution in [-0.4, -0.2) is 30.4 Å². The van der Waals surface area contributed by atoms with Gasteiger partial charge in [-0.25, -0.2) is 4.39 Å². The lowest BCUT2D eigenvalue weighted by Crippen LogP contribution is -2.16. The van der Waals surface area contributed by atoms with E-state index in [1.807, 2.05) is 6.92 Å². The minimum atomic E-state index is -0.544. The Bertz CT molecular complexity index is 1080. The van der Waals surface area contributed by atoms with Crippen LogP contribution in [0.25, 0.3) is 0 Å². The van der Waals surface area contributed by atoms with Crippen molar-refractivity contribution in [3.8, 4) is 0 Å². The van der Waals surface area contributed by atoms with Crippen molar-refractivity contribution in [1.29, 1.82) is 0 Å². The molecule has 1 amide bonds. The molecule has 0 atom stereocenters. The molecule has 0 unspecified atom stereocenters. The zero-order valence-electron chi connectivity index (χ0n) is 15.7. The van der Waals surface area contributed by atoms with E-state index < -0.39 is 10.7 Å². The highest BCUT2D eigenvalue weighted by atomic mass is 35.5. The number of nitrogens with one attached hydrogen (secondary N) is 1. The largest absolute Gasteiger partial charge is 0.323 e. The second-order valence-corrected chi connectivity index (χ2v) is 6.86. The van der Waals surface area contributed by atoms with Crippen LogP contribution in [0, 0.1) is 29.8 Å². The molecule has 0 radical (unpaired) electrons. The second kappa shape index (κ2) is 8.39. The third-order valence-electron chi connectivity index (χ3n) is 4.38. The van der Waals surface area contributed by atoms with Gasteiger partial charge >= 0.3 is 5.69 Å². The molecular formula is C18H18ClFN6O3. The summed E-state index contributed by atoms with van der Waals surface area (Å²) in [4.78, 5) is 22.4. The highest BCUT2D eigenvalue weighted by molar-refractivity contribution is 6.31. The van der Waals surface area contributed by atoms with Gasteiger partial charge in [-0.1, -0.05) is 17.7 Å². The first-order chi connectivity index (χ1) is 13.7. The summed E-state index contributed by atoms with van der Waals surface area (Å²) in [6.07, 6.45) is 2.50. The Labute approximate surface area is 170 Å². The summed E-state index contributed by atoms with van der Waals surface area (Å²) >= 11 is 6.08. The molecule has 152 valence electrons. The molecule has 1 aromatic carbocycles. The van der Waals surface area contributed by atoms with Gasteiger partial charge in [-0.15, -0.1) is 0 Å². The molecule has 0 spiro atoms. The quantitative estimate of drug-likeness (QED) is 0.465. The lowest BCUT2D eigenvalue weighted by atomic mass is 10.2. The molecule has 0 fully saturated rings. The van der Waals surface area contributed by atoms with Gasteiger partial charge in [0.1, 0.15) is 18.2 Å². The van der Waals surface area contributed by atoms with Crippen molar-refractivity contribution in [3.05, 3.63) is 68.5 Å². The van der Waals surface area contributed by atoms with Gasteiger partial charge in [-0.05, 0) is 31.5 Å². The molecule has 0 aliphatic rings. The average molecular weight is 421 g/mol. The Morgan fingerprint density at radius 2 is 2.14 bits per heavy atom. The molecule has 0 saturated carbocycles. The molecule has 2 aromatic heterocycles. The first-order valence-electron chi connectivity index (χ1n) is 8.69. The van der Waals surface area contributed by atoms with Crippen LogP contribution in [0.5, 0.6) is 0 Å². The lowest BCUT2D eigenvalue weighted by Gasteiger charge is -2.08. The van der Waals surface area contributed by atoms with Crippen LogP contribution < -0.4 is 5.32 Å². The van der Waals surface area contributed by atoms with Crippen LogP contribution in [0.3, 0.4) is 0 Å². The summed E-state index contributed by atoms with van der Waals surface area (Å²) < 4.78 is 16.2. The number of rotatable bonds is 7. The molecule has 0 bridgehead atoms. The number of carbonyl (C=O) groups excluding carboxylic acids is 1. The lowest BCUT2D eigenvalue weighted by molar-refractivity contribution is -0.385. The molecule has 11 heteroatoms. The van der Waals surface area contributed by atoms with Crippen LogP contribution in [0.1, 0.15) is 23.4 Å². The van der Waals surface area contributed by atoms with E-state index in [2.05, 4.69) is 15.5 Å². The highest BCUT2D eigenvalue weighted by Gasteiger charge is 2.16. The maximum atomic E-state index is 13.2. The summed E-state index contributed by atoms with van der Waals surface area (Å²) in [7, 11) is 0. The molecule has 9 nitrogen and oxygen atoms in total. The minimum absolute atomic E-state index is 0.0900. The summed E-state index contributed by atoms with van der Waals surface area (Å²) in [5.74, 6) is -0.684. The second-order valence-electron chi connectivity index (χ2n) is 6.46. The van der Waals surface area contributed by atoms with E-state index in [9.17, 15) is 19.3 Å². The van der Waals surface area contributed by atoms with Crippen molar-refractivity contribution in [2.45, 2.75) is 33.4 Å². The van der Waals surface area contributed by atoms with E-state index >= 15 is 0 Å². The van der Waals surface area contributed by atoms with Gasteiger partial charge in [-0.3, -0.25) is 24.3 Å². The summed E-state index contributed by atoms with van der Waals surface area (Å²) in [6, 6.07) is 4.16. The molecule has 0 aliphatic heterocycles. The number of halogens is 2. The van der Waals surface area contributed by atoms with E-state index in [-0.39, 0.29) is 24.6 Å². The maximum absolute atomic E-state index is 13.2. The predicted molar refractivity (Wildman–Crippen MR) is 104 cm³/mol. The fraction of sp³-hybridized carbons (Fsp3) is 0.278. The van der Waals surface area contributed by atoms with Crippen molar-refractivity contribution >= 4 is 28.9 Å². The fourth-order valence-corrected chi connectivity index (χ4v) is 3.06. The van der Waals surface area contributed by atoms with E-state index in [1.54, 1.807) is 17.7 Å². The number of anilines is 1. The van der Waals surface area contributed by atoms with E-state index in [0.717, 1.165) is 11.9 Å². The van der Waals surface area contributed by atoms with Gasteiger partial charge in [0, 0.05) is 18.0 Å². The summed E-state index contributed by atoms with van der Waals surface area (Å²) in [5.41, 5.74) is 2.52. The summed E-state index contributed by atoms with van der Waals surface area (Å²) in [5, 5.41) is 22.1. The third-order valence-corrected chi connectivity index (χ3v) is 4.73. The number of aryl methyl sites for hydroxylation is 2. The summed E-state index contributed by atoms with van der Waals surface area (Å²) in [6.45, 7) is 4.11. The fourth-order valence-electron chi connectivity index (χ4n) is 2.83. The number of amides is 1. The van der Waals surface area contributed by atoms with E-state index in [1.165, 1.54) is 23.0 Å². The third kappa shape index (κ3) is 4.77. The Hall–Kier alpha value is -3.27. The van der Waals surface area contributed by atoms with Crippen LogP contribution in [0.2, 0.25) is 5.02 Å². The molecular weight excluding hydrogens is 403 g/mol. The van der Waals surface area contributed by atoms with Gasteiger partial charge in [0.2, 0.25) is 5.91 Å². The Kier molecular flexibility index (Phi) is 5.92. The number of carbonyl (C=O) groups is 1. The van der Waals surface area contributed by atoms with Crippen molar-refractivity contribution in [2.75, 3.05) is 5.32 Å². The van der Waals surface area contributed by atoms with Crippen LogP contribution in [0.4, 0.5) is 15.8 Å². The van der Waals surface area contributed by atoms with Crippen LogP contribution >= 0.6 is 11.6 Å². The highest BCUT2D eigenvalue weighted by Crippen LogP contribution is 2.23. The zero-order chi connectivity index (χ0) is 21.1. The van der Waals surface area contributed by atoms with Crippen LogP contribution in [0.15, 0.2) is 30.6 Å². The standard InChI is InChI=1S/C18H18ClFN6O3/c1-11-18(22-17(27)5-6-24-10-15(8-21-24)26(28)29)12(2)25(23-11)9-13-3-4-14(20)7-16(13)19/h3-4,7-8,10H,5-6,9H2,1-2H3,(H,22,27). The first-order valence-corrected chi connectivity index (χ1v) is 9.07. The van der Waals surface area contributed by atoms with Gasteiger partial charge in [0.05, 0.1) is 28.5 Å². The topological polar surface area (TPSA) is 108 Å². The number of hydrogen-bond acceptors (Lipinski definition) is 5. The zero-order valence-corrected chi connectivity index (χ0v) is 16.5. The number of benzene rings is 1. The average Bonchev–Trinajstić information content (AvgIpc) is 3.23. The number of nitro groups is 1. The van der Waals surface area contributed by atoms with Crippen molar-refractivity contribution in [1.82, 2.24) is 19.6 Å². The molecule has 29 heavy (non-hydrogen) atoms. The predicted octanol–water partition coefficient (Wildman–Crippen LogP) is 3.47. The number of nitrogens with zero attached hydrogens (tertiary/aromatic N) is 5. The Morgan fingerprint density at radius 3 is 2.79 bits per heavy atom. The minimum Gasteiger partial charge on any atom is -0.323 e. The van der Waals surface area contributed by atoms with Crippen molar-refractivity contribution in [2.24, 2.45) is 0 Å². The SMILES string of the molecule is Cc1nn(Cc2ccc(F)cc2Cl)c(C)c1NC(=O)CCn1cc([N+](=O)[O-])cn1.